The van der Waals surface area contributed by atoms with Gasteiger partial charge in [-0.2, -0.15) is 9.61 Å². The molecule has 0 amide bonds. The average molecular weight is 281 g/mol. The molecule has 5 heteroatoms. The fourth-order valence-electron chi connectivity index (χ4n) is 2.28. The predicted molar refractivity (Wildman–Crippen MR) is 82.9 cm³/mol. The molecule has 0 aliphatic heterocycles. The third-order valence-electron chi connectivity index (χ3n) is 3.57. The normalized spacial score (nSPS) is 13.0. The first kappa shape index (κ1) is 13.7. The zero-order valence-electron chi connectivity index (χ0n) is 12.5. The Kier molecular flexibility index (Phi) is 3.43. The molecule has 5 nitrogen and oxygen atoms in total. The van der Waals surface area contributed by atoms with Gasteiger partial charge in [-0.25, -0.2) is 0 Å². The number of rotatable bonds is 3. The van der Waals surface area contributed by atoms with Crippen LogP contribution in [0.15, 0.2) is 36.4 Å². The van der Waals surface area contributed by atoms with Crippen molar-refractivity contribution >= 4 is 5.65 Å². The molecule has 0 saturated heterocycles. The standard InChI is InChI=1S/C16H19N5/c1-10(2)12-4-6-13(7-5-12)14-8-9-15-18-19-16(11(3)17)21(15)20-14/h4-11H,17H2,1-3H3. The number of nitrogens with zero attached hydrogens (tertiary/aromatic N) is 4. The first-order chi connectivity index (χ1) is 10.1. The highest BCUT2D eigenvalue weighted by atomic mass is 15.4. The Balaban J connectivity index is 2.05. The van der Waals surface area contributed by atoms with Crippen LogP contribution < -0.4 is 5.73 Å². The molecule has 0 aliphatic carbocycles. The molecule has 0 spiro atoms. The molecule has 2 aromatic heterocycles. The van der Waals surface area contributed by atoms with Crippen LogP contribution >= 0.6 is 0 Å². The smallest absolute Gasteiger partial charge is 0.178 e. The largest absolute Gasteiger partial charge is 0.321 e. The van der Waals surface area contributed by atoms with Gasteiger partial charge in [-0.05, 0) is 30.5 Å². The van der Waals surface area contributed by atoms with E-state index in [9.17, 15) is 0 Å². The van der Waals surface area contributed by atoms with Gasteiger partial charge in [0.1, 0.15) is 0 Å². The van der Waals surface area contributed by atoms with E-state index >= 15 is 0 Å². The first-order valence-corrected chi connectivity index (χ1v) is 7.14. The summed E-state index contributed by atoms with van der Waals surface area (Å²) < 4.78 is 1.72. The van der Waals surface area contributed by atoms with Crippen molar-refractivity contribution in [3.05, 3.63) is 47.8 Å². The highest BCUT2D eigenvalue weighted by Gasteiger charge is 2.12. The maximum Gasteiger partial charge on any atom is 0.178 e. The van der Waals surface area contributed by atoms with Gasteiger partial charge in [0.2, 0.25) is 0 Å². The first-order valence-electron chi connectivity index (χ1n) is 7.14. The van der Waals surface area contributed by atoms with Gasteiger partial charge in [-0.3, -0.25) is 0 Å². The molecular formula is C16H19N5. The number of aromatic nitrogens is 4. The summed E-state index contributed by atoms with van der Waals surface area (Å²) >= 11 is 0. The van der Waals surface area contributed by atoms with Crippen molar-refractivity contribution in [1.29, 1.82) is 0 Å². The van der Waals surface area contributed by atoms with Crippen LogP contribution in [0.1, 0.15) is 44.1 Å². The minimum atomic E-state index is -0.203. The summed E-state index contributed by atoms with van der Waals surface area (Å²) in [6.07, 6.45) is 0. The van der Waals surface area contributed by atoms with E-state index in [1.807, 2.05) is 19.1 Å². The van der Waals surface area contributed by atoms with Crippen LogP contribution in [0.3, 0.4) is 0 Å². The molecule has 0 radical (unpaired) electrons. The molecule has 0 aliphatic rings. The third kappa shape index (κ3) is 2.52. The van der Waals surface area contributed by atoms with Crippen LogP contribution in [0.2, 0.25) is 0 Å². The molecule has 1 atom stereocenters. The van der Waals surface area contributed by atoms with E-state index in [1.54, 1.807) is 4.52 Å². The fourth-order valence-corrected chi connectivity index (χ4v) is 2.28. The van der Waals surface area contributed by atoms with Crippen LogP contribution in [0.25, 0.3) is 16.9 Å². The molecule has 0 bridgehead atoms. The monoisotopic (exact) mass is 281 g/mol. The highest BCUT2D eigenvalue weighted by molar-refractivity contribution is 5.60. The van der Waals surface area contributed by atoms with Crippen LogP contribution in [-0.4, -0.2) is 19.8 Å². The lowest BCUT2D eigenvalue weighted by atomic mass is 10.0. The molecule has 1 unspecified atom stereocenters. The minimum Gasteiger partial charge on any atom is -0.321 e. The molecule has 1 aromatic carbocycles. The van der Waals surface area contributed by atoms with Crippen molar-refractivity contribution < 1.29 is 0 Å². The van der Waals surface area contributed by atoms with Crippen molar-refractivity contribution in [3.63, 3.8) is 0 Å². The molecular weight excluding hydrogens is 262 g/mol. The molecule has 21 heavy (non-hydrogen) atoms. The summed E-state index contributed by atoms with van der Waals surface area (Å²) in [5.74, 6) is 1.20. The van der Waals surface area contributed by atoms with Crippen LogP contribution in [0.4, 0.5) is 0 Å². The zero-order valence-corrected chi connectivity index (χ0v) is 12.5. The van der Waals surface area contributed by atoms with E-state index in [-0.39, 0.29) is 6.04 Å². The van der Waals surface area contributed by atoms with E-state index in [0.717, 1.165) is 11.3 Å². The SMILES string of the molecule is CC(C)c1ccc(-c2ccc3nnc(C(C)N)n3n2)cc1. The van der Waals surface area contributed by atoms with Crippen molar-refractivity contribution in [1.82, 2.24) is 19.8 Å². The van der Waals surface area contributed by atoms with E-state index in [2.05, 4.69) is 53.4 Å². The predicted octanol–water partition coefficient (Wildman–Crippen LogP) is 2.93. The zero-order chi connectivity index (χ0) is 15.0. The van der Waals surface area contributed by atoms with Gasteiger partial charge in [0.05, 0.1) is 11.7 Å². The summed E-state index contributed by atoms with van der Waals surface area (Å²) in [4.78, 5) is 0. The second-order valence-electron chi connectivity index (χ2n) is 5.61. The number of hydrogen-bond acceptors (Lipinski definition) is 4. The average Bonchev–Trinajstić information content (AvgIpc) is 2.90. The summed E-state index contributed by atoms with van der Waals surface area (Å²) in [6, 6.07) is 12.1. The Bertz CT molecular complexity index is 756. The van der Waals surface area contributed by atoms with Crippen molar-refractivity contribution in [2.75, 3.05) is 0 Å². The maximum atomic E-state index is 5.90. The van der Waals surface area contributed by atoms with Gasteiger partial charge in [-0.15, -0.1) is 10.2 Å². The summed E-state index contributed by atoms with van der Waals surface area (Å²) in [5, 5.41) is 12.8. The van der Waals surface area contributed by atoms with Crippen molar-refractivity contribution in [2.24, 2.45) is 5.73 Å². The van der Waals surface area contributed by atoms with Gasteiger partial charge < -0.3 is 5.73 Å². The quantitative estimate of drug-likeness (QED) is 0.801. The van der Waals surface area contributed by atoms with E-state index < -0.39 is 0 Å². The Morgan fingerprint density at radius 2 is 1.67 bits per heavy atom. The van der Waals surface area contributed by atoms with Crippen LogP contribution in [0.5, 0.6) is 0 Å². The molecule has 0 saturated carbocycles. The number of benzene rings is 1. The van der Waals surface area contributed by atoms with Crippen LogP contribution in [-0.2, 0) is 0 Å². The van der Waals surface area contributed by atoms with Gasteiger partial charge in [0.15, 0.2) is 11.5 Å². The van der Waals surface area contributed by atoms with Gasteiger partial charge in [0, 0.05) is 5.56 Å². The van der Waals surface area contributed by atoms with Gasteiger partial charge in [-0.1, -0.05) is 38.1 Å². The molecule has 3 rings (SSSR count). The lowest BCUT2D eigenvalue weighted by molar-refractivity contribution is 0.696. The molecule has 2 N–H and O–H groups in total. The molecule has 108 valence electrons. The van der Waals surface area contributed by atoms with Crippen LogP contribution in [0, 0.1) is 0 Å². The Morgan fingerprint density at radius 3 is 2.29 bits per heavy atom. The molecule has 3 aromatic rings. The Morgan fingerprint density at radius 1 is 0.952 bits per heavy atom. The molecule has 2 heterocycles. The summed E-state index contributed by atoms with van der Waals surface area (Å²) in [7, 11) is 0. The maximum absolute atomic E-state index is 5.90. The highest BCUT2D eigenvalue weighted by Crippen LogP contribution is 2.21. The third-order valence-corrected chi connectivity index (χ3v) is 3.57. The van der Waals surface area contributed by atoms with E-state index in [0.29, 0.717) is 17.4 Å². The lowest BCUT2D eigenvalue weighted by Gasteiger charge is -2.07. The van der Waals surface area contributed by atoms with E-state index in [1.165, 1.54) is 5.56 Å². The van der Waals surface area contributed by atoms with Crippen molar-refractivity contribution in [2.45, 2.75) is 32.7 Å². The van der Waals surface area contributed by atoms with Gasteiger partial charge >= 0.3 is 0 Å². The molecule has 0 fully saturated rings. The lowest BCUT2D eigenvalue weighted by Crippen LogP contribution is -2.11. The Hall–Kier alpha value is -2.27. The van der Waals surface area contributed by atoms with E-state index in [4.69, 9.17) is 5.73 Å². The summed E-state index contributed by atoms with van der Waals surface area (Å²) in [5.41, 5.74) is 9.90. The van der Waals surface area contributed by atoms with Gasteiger partial charge in [0.25, 0.3) is 0 Å². The second-order valence-corrected chi connectivity index (χ2v) is 5.61. The topological polar surface area (TPSA) is 69.1 Å². The number of hydrogen-bond donors (Lipinski definition) is 1. The minimum absolute atomic E-state index is 0.203. The fraction of sp³-hybridized carbons (Fsp3) is 0.312. The number of fused-ring (bicyclic) bond motifs is 1. The van der Waals surface area contributed by atoms with Crippen molar-refractivity contribution in [3.8, 4) is 11.3 Å². The Labute approximate surface area is 123 Å². The summed E-state index contributed by atoms with van der Waals surface area (Å²) in [6.45, 7) is 6.25. The second kappa shape index (κ2) is 5.26. The number of nitrogens with two attached hydrogens (primary N) is 1.